The Morgan fingerprint density at radius 1 is 1.06 bits per heavy atom. The van der Waals surface area contributed by atoms with Crippen LogP contribution in [0.5, 0.6) is 0 Å². The molecule has 0 fully saturated rings. The number of amides is 2. The fourth-order valence-electron chi connectivity index (χ4n) is 4.15. The van der Waals surface area contributed by atoms with Crippen molar-refractivity contribution in [3.05, 3.63) is 76.5 Å². The number of urea groups is 1. The lowest BCUT2D eigenvalue weighted by molar-refractivity contribution is -0.136. The van der Waals surface area contributed by atoms with E-state index in [0.717, 1.165) is 31.2 Å². The molecule has 2 aromatic carbocycles. The highest BCUT2D eigenvalue weighted by Gasteiger charge is 2.35. The van der Waals surface area contributed by atoms with Gasteiger partial charge in [-0.15, -0.1) is 0 Å². The molecule has 2 aliphatic rings. The van der Waals surface area contributed by atoms with E-state index >= 15 is 0 Å². The van der Waals surface area contributed by atoms with Gasteiger partial charge in [0.25, 0.3) is 0 Å². The van der Waals surface area contributed by atoms with Crippen molar-refractivity contribution in [3.8, 4) is 0 Å². The van der Waals surface area contributed by atoms with Gasteiger partial charge in [-0.1, -0.05) is 36.4 Å². The maximum Gasteiger partial charge on any atom is 0.338 e. The van der Waals surface area contributed by atoms with Crippen LogP contribution in [-0.4, -0.2) is 33.3 Å². The molecule has 0 unspecified atom stereocenters. The van der Waals surface area contributed by atoms with Crippen molar-refractivity contribution >= 4 is 21.8 Å². The summed E-state index contributed by atoms with van der Waals surface area (Å²) in [5, 5.41) is 5.21. The standard InChI is InChI=1S/C23H24N2O5S/c1-30-22(26)20-19(24-23(27)25-21(20)16-8-3-2-4-9-16)14-31(28,29)18-12-11-15-7-5-6-10-17(15)13-18/h2-4,8-9,11-13,21H,5-7,10,14H2,1H3,(H2,24,25,27)/t21-/m1/s1. The third-order valence-corrected chi connectivity index (χ3v) is 7.35. The van der Waals surface area contributed by atoms with E-state index in [0.29, 0.717) is 5.56 Å². The quantitative estimate of drug-likeness (QED) is 0.696. The number of esters is 1. The van der Waals surface area contributed by atoms with Crippen LogP contribution >= 0.6 is 0 Å². The number of fused-ring (bicyclic) bond motifs is 1. The van der Waals surface area contributed by atoms with Gasteiger partial charge in [0.1, 0.15) is 0 Å². The van der Waals surface area contributed by atoms with Crippen molar-refractivity contribution in [2.45, 2.75) is 36.6 Å². The summed E-state index contributed by atoms with van der Waals surface area (Å²) < 4.78 is 31.4. The van der Waals surface area contributed by atoms with E-state index in [2.05, 4.69) is 10.6 Å². The van der Waals surface area contributed by atoms with Gasteiger partial charge in [0.05, 0.1) is 29.4 Å². The van der Waals surface area contributed by atoms with Gasteiger partial charge >= 0.3 is 12.0 Å². The summed E-state index contributed by atoms with van der Waals surface area (Å²) in [5.41, 5.74) is 2.99. The normalized spacial score (nSPS) is 18.6. The van der Waals surface area contributed by atoms with Gasteiger partial charge in [-0.25, -0.2) is 18.0 Å². The molecule has 0 saturated carbocycles. The van der Waals surface area contributed by atoms with E-state index < -0.39 is 33.6 Å². The van der Waals surface area contributed by atoms with E-state index in [4.69, 9.17) is 4.74 Å². The van der Waals surface area contributed by atoms with Crippen LogP contribution < -0.4 is 10.6 Å². The number of hydrogen-bond donors (Lipinski definition) is 2. The molecule has 0 aromatic heterocycles. The first-order valence-electron chi connectivity index (χ1n) is 10.2. The molecule has 2 N–H and O–H groups in total. The predicted molar refractivity (Wildman–Crippen MR) is 115 cm³/mol. The Labute approximate surface area is 181 Å². The summed E-state index contributed by atoms with van der Waals surface area (Å²) in [4.78, 5) is 25.1. The summed E-state index contributed by atoms with van der Waals surface area (Å²) >= 11 is 0. The van der Waals surface area contributed by atoms with Crippen LogP contribution in [0.25, 0.3) is 0 Å². The van der Waals surface area contributed by atoms with E-state index in [1.54, 1.807) is 36.4 Å². The minimum atomic E-state index is -3.81. The smallest absolute Gasteiger partial charge is 0.338 e. The van der Waals surface area contributed by atoms with Gasteiger partial charge in [0.15, 0.2) is 9.84 Å². The van der Waals surface area contributed by atoms with Crippen LogP contribution in [0, 0.1) is 0 Å². The second-order valence-electron chi connectivity index (χ2n) is 7.72. The Bertz CT molecular complexity index is 1160. The lowest BCUT2D eigenvalue weighted by Gasteiger charge is -2.29. The third kappa shape index (κ3) is 4.34. The molecule has 8 heteroatoms. The van der Waals surface area contributed by atoms with E-state index in [1.807, 2.05) is 12.1 Å². The van der Waals surface area contributed by atoms with Gasteiger partial charge in [0.2, 0.25) is 0 Å². The van der Waals surface area contributed by atoms with Crippen molar-refractivity contribution in [1.82, 2.24) is 10.6 Å². The third-order valence-electron chi connectivity index (χ3n) is 5.71. The Morgan fingerprint density at radius 2 is 1.77 bits per heavy atom. The molecule has 0 radical (unpaired) electrons. The van der Waals surface area contributed by atoms with Crippen LogP contribution in [-0.2, 0) is 32.2 Å². The van der Waals surface area contributed by atoms with Crippen LogP contribution in [0.2, 0.25) is 0 Å². The van der Waals surface area contributed by atoms with Crippen molar-refractivity contribution in [3.63, 3.8) is 0 Å². The molecule has 0 bridgehead atoms. The van der Waals surface area contributed by atoms with E-state index in [9.17, 15) is 18.0 Å². The van der Waals surface area contributed by atoms with Crippen molar-refractivity contribution in [2.75, 3.05) is 12.9 Å². The molecule has 0 saturated heterocycles. The van der Waals surface area contributed by atoms with Gasteiger partial charge in [-0.3, -0.25) is 0 Å². The number of benzene rings is 2. The Hall–Kier alpha value is -3.13. The maximum atomic E-state index is 13.2. The van der Waals surface area contributed by atoms with Crippen molar-refractivity contribution in [2.24, 2.45) is 0 Å². The minimum absolute atomic E-state index is 0.0298. The predicted octanol–water partition coefficient (Wildman–Crippen LogP) is 2.82. The largest absolute Gasteiger partial charge is 0.466 e. The zero-order chi connectivity index (χ0) is 22.0. The number of carbonyl (C=O) groups excluding carboxylic acids is 2. The lowest BCUT2D eigenvalue weighted by atomic mass is 9.92. The van der Waals surface area contributed by atoms with E-state index in [-0.39, 0.29) is 16.2 Å². The second kappa shape index (κ2) is 8.55. The highest BCUT2D eigenvalue weighted by atomic mass is 32.2. The number of aryl methyl sites for hydroxylation is 2. The zero-order valence-corrected chi connectivity index (χ0v) is 18.0. The number of sulfone groups is 1. The number of rotatable bonds is 5. The first-order valence-corrected chi connectivity index (χ1v) is 11.8. The molecule has 162 valence electrons. The monoisotopic (exact) mass is 440 g/mol. The summed E-state index contributed by atoms with van der Waals surface area (Å²) in [7, 11) is -2.58. The summed E-state index contributed by atoms with van der Waals surface area (Å²) in [6.45, 7) is 0. The first kappa shape index (κ1) is 21.1. The van der Waals surface area contributed by atoms with Gasteiger partial charge in [-0.2, -0.15) is 0 Å². The van der Waals surface area contributed by atoms with Crippen molar-refractivity contribution in [1.29, 1.82) is 0 Å². The van der Waals surface area contributed by atoms with E-state index in [1.165, 1.54) is 12.7 Å². The maximum absolute atomic E-state index is 13.2. The SMILES string of the molecule is COC(=O)C1=C(CS(=O)(=O)c2ccc3c(c2)CCCC3)NC(=O)N[C@@H]1c1ccccc1. The van der Waals surface area contributed by atoms with Crippen LogP contribution in [0.1, 0.15) is 35.6 Å². The lowest BCUT2D eigenvalue weighted by Crippen LogP contribution is -2.47. The Kier molecular flexibility index (Phi) is 5.82. The molecular formula is C23H24N2O5S. The van der Waals surface area contributed by atoms with Gasteiger partial charge < -0.3 is 15.4 Å². The second-order valence-corrected chi connectivity index (χ2v) is 9.71. The molecule has 4 rings (SSSR count). The van der Waals surface area contributed by atoms with Gasteiger partial charge in [-0.05, 0) is 54.5 Å². The minimum Gasteiger partial charge on any atom is -0.466 e. The highest BCUT2D eigenvalue weighted by Crippen LogP contribution is 2.30. The van der Waals surface area contributed by atoms with Crippen LogP contribution in [0.3, 0.4) is 0 Å². The average molecular weight is 441 g/mol. The number of ether oxygens (including phenoxy) is 1. The van der Waals surface area contributed by atoms with Crippen LogP contribution in [0.4, 0.5) is 4.79 Å². The number of hydrogen-bond acceptors (Lipinski definition) is 5. The highest BCUT2D eigenvalue weighted by molar-refractivity contribution is 7.91. The number of methoxy groups -OCH3 is 1. The molecule has 1 atom stereocenters. The molecule has 7 nitrogen and oxygen atoms in total. The Morgan fingerprint density at radius 3 is 2.48 bits per heavy atom. The zero-order valence-electron chi connectivity index (χ0n) is 17.2. The average Bonchev–Trinajstić information content (AvgIpc) is 2.78. The molecular weight excluding hydrogens is 416 g/mol. The van der Waals surface area contributed by atoms with Gasteiger partial charge in [0, 0.05) is 5.70 Å². The fourth-order valence-corrected chi connectivity index (χ4v) is 5.53. The molecule has 2 amide bonds. The number of nitrogens with one attached hydrogen (secondary N) is 2. The molecule has 1 heterocycles. The molecule has 31 heavy (non-hydrogen) atoms. The molecule has 1 aliphatic carbocycles. The summed E-state index contributed by atoms with van der Waals surface area (Å²) in [6.07, 6.45) is 3.95. The molecule has 0 spiro atoms. The molecule has 1 aliphatic heterocycles. The summed E-state index contributed by atoms with van der Waals surface area (Å²) in [5.74, 6) is -1.20. The van der Waals surface area contributed by atoms with Crippen LogP contribution in [0.15, 0.2) is 64.7 Å². The Balaban J connectivity index is 1.75. The topological polar surface area (TPSA) is 102 Å². The van der Waals surface area contributed by atoms with Crippen molar-refractivity contribution < 1.29 is 22.7 Å². The fraction of sp³-hybridized carbons (Fsp3) is 0.304. The number of carbonyl (C=O) groups is 2. The summed E-state index contributed by atoms with van der Waals surface area (Å²) in [6, 6.07) is 12.7. The molecule has 2 aromatic rings. The first-order chi connectivity index (χ1) is 14.9.